The van der Waals surface area contributed by atoms with Gasteiger partial charge in [0.15, 0.2) is 0 Å². The SMILES string of the molecule is CCOC(=O)NS(=O)(=O)N(CCN)CCOC. The zero-order valence-corrected chi connectivity index (χ0v) is 10.8. The van der Waals surface area contributed by atoms with E-state index in [2.05, 4.69) is 4.74 Å². The Morgan fingerprint density at radius 1 is 1.41 bits per heavy atom. The molecule has 0 aliphatic carbocycles. The maximum Gasteiger partial charge on any atom is 0.421 e. The van der Waals surface area contributed by atoms with Gasteiger partial charge in [-0.25, -0.2) is 9.52 Å². The van der Waals surface area contributed by atoms with Crippen molar-refractivity contribution in [2.75, 3.05) is 40.0 Å². The lowest BCUT2D eigenvalue weighted by atomic mass is 10.6. The van der Waals surface area contributed by atoms with Gasteiger partial charge in [0.25, 0.3) is 0 Å². The van der Waals surface area contributed by atoms with E-state index < -0.39 is 16.3 Å². The van der Waals surface area contributed by atoms with Gasteiger partial charge in [0.2, 0.25) is 0 Å². The fourth-order valence-corrected chi connectivity index (χ4v) is 2.08. The minimum absolute atomic E-state index is 0.0936. The molecule has 0 aromatic carbocycles. The molecule has 0 saturated heterocycles. The van der Waals surface area contributed by atoms with Gasteiger partial charge in [-0.05, 0) is 6.92 Å². The fourth-order valence-electron chi connectivity index (χ4n) is 1.02. The number of nitrogens with zero attached hydrogens (tertiary/aromatic N) is 1. The Labute approximate surface area is 101 Å². The first-order chi connectivity index (χ1) is 7.97. The largest absolute Gasteiger partial charge is 0.449 e. The summed E-state index contributed by atoms with van der Waals surface area (Å²) in [6.07, 6.45) is -1.01. The molecule has 0 aliphatic heterocycles. The average molecular weight is 269 g/mol. The van der Waals surface area contributed by atoms with Crippen LogP contribution in [-0.4, -0.2) is 58.8 Å². The number of rotatable bonds is 8. The molecule has 0 aliphatic rings. The molecule has 0 aromatic rings. The standard InChI is InChI=1S/C8H19N3O5S/c1-3-16-8(12)10-17(13,14)11(5-4-9)6-7-15-2/h3-7,9H2,1-2H3,(H,10,12). The minimum Gasteiger partial charge on any atom is -0.449 e. The number of amides is 1. The summed E-state index contributed by atoms with van der Waals surface area (Å²) in [5, 5.41) is 0. The van der Waals surface area contributed by atoms with Crippen LogP contribution in [-0.2, 0) is 19.7 Å². The van der Waals surface area contributed by atoms with Crippen LogP contribution in [0.1, 0.15) is 6.92 Å². The highest BCUT2D eigenvalue weighted by atomic mass is 32.2. The van der Waals surface area contributed by atoms with Crippen molar-refractivity contribution in [1.29, 1.82) is 0 Å². The van der Waals surface area contributed by atoms with E-state index in [4.69, 9.17) is 10.5 Å². The van der Waals surface area contributed by atoms with Crippen molar-refractivity contribution in [2.45, 2.75) is 6.92 Å². The molecule has 0 unspecified atom stereocenters. The molecule has 0 fully saturated rings. The molecule has 0 heterocycles. The van der Waals surface area contributed by atoms with Gasteiger partial charge in [0.1, 0.15) is 0 Å². The van der Waals surface area contributed by atoms with E-state index in [1.165, 1.54) is 7.11 Å². The molecular weight excluding hydrogens is 250 g/mol. The molecule has 102 valence electrons. The number of hydrogen-bond donors (Lipinski definition) is 2. The quantitative estimate of drug-likeness (QED) is 0.577. The van der Waals surface area contributed by atoms with Crippen LogP contribution >= 0.6 is 0 Å². The van der Waals surface area contributed by atoms with Crippen LogP contribution in [0.4, 0.5) is 4.79 Å². The van der Waals surface area contributed by atoms with Gasteiger partial charge < -0.3 is 15.2 Å². The molecule has 3 N–H and O–H groups in total. The lowest BCUT2D eigenvalue weighted by Crippen LogP contribution is -2.46. The molecule has 1 amide bonds. The number of nitrogens with one attached hydrogen (secondary N) is 1. The van der Waals surface area contributed by atoms with Crippen LogP contribution in [0.2, 0.25) is 0 Å². The van der Waals surface area contributed by atoms with Crippen LogP contribution < -0.4 is 10.5 Å². The molecule has 0 bridgehead atoms. The third-order valence-corrected chi connectivity index (χ3v) is 3.22. The molecule has 0 aromatic heterocycles. The summed E-state index contributed by atoms with van der Waals surface area (Å²) >= 11 is 0. The number of ether oxygens (including phenoxy) is 2. The third kappa shape index (κ3) is 6.41. The molecule has 8 nitrogen and oxygen atoms in total. The van der Waals surface area contributed by atoms with Crippen LogP contribution in [0.25, 0.3) is 0 Å². The molecule has 0 spiro atoms. The van der Waals surface area contributed by atoms with Gasteiger partial charge >= 0.3 is 16.3 Å². The van der Waals surface area contributed by atoms with Gasteiger partial charge in [-0.1, -0.05) is 0 Å². The van der Waals surface area contributed by atoms with Crippen molar-refractivity contribution in [3.8, 4) is 0 Å². The summed E-state index contributed by atoms with van der Waals surface area (Å²) in [4.78, 5) is 11.0. The second kappa shape index (κ2) is 8.23. The van der Waals surface area contributed by atoms with Crippen LogP contribution in [0.15, 0.2) is 0 Å². The number of methoxy groups -OCH3 is 1. The average Bonchev–Trinajstić information content (AvgIpc) is 2.23. The Kier molecular flexibility index (Phi) is 7.79. The van der Waals surface area contributed by atoms with Crippen molar-refractivity contribution in [2.24, 2.45) is 5.73 Å². The van der Waals surface area contributed by atoms with Crippen LogP contribution in [0, 0.1) is 0 Å². The number of nitrogens with two attached hydrogens (primary N) is 1. The van der Waals surface area contributed by atoms with E-state index in [1.54, 1.807) is 11.6 Å². The Hall–Kier alpha value is -0.900. The Balaban J connectivity index is 4.53. The minimum atomic E-state index is -3.93. The van der Waals surface area contributed by atoms with Crippen molar-refractivity contribution in [1.82, 2.24) is 9.03 Å². The second-order valence-electron chi connectivity index (χ2n) is 3.01. The molecular formula is C8H19N3O5S. The highest BCUT2D eigenvalue weighted by Crippen LogP contribution is 1.97. The summed E-state index contributed by atoms with van der Waals surface area (Å²) in [6.45, 7) is 2.24. The molecule has 0 saturated carbocycles. The Bertz CT molecular complexity index is 319. The maximum atomic E-state index is 11.7. The smallest absolute Gasteiger partial charge is 0.421 e. The van der Waals surface area contributed by atoms with E-state index >= 15 is 0 Å². The van der Waals surface area contributed by atoms with Crippen molar-refractivity contribution < 1.29 is 22.7 Å². The van der Waals surface area contributed by atoms with Gasteiger partial charge in [-0.2, -0.15) is 12.7 Å². The molecule has 9 heteroatoms. The highest BCUT2D eigenvalue weighted by molar-refractivity contribution is 7.87. The third-order valence-electron chi connectivity index (χ3n) is 1.75. The topological polar surface area (TPSA) is 111 Å². The lowest BCUT2D eigenvalue weighted by Gasteiger charge is -2.20. The van der Waals surface area contributed by atoms with E-state index in [0.717, 1.165) is 4.31 Å². The lowest BCUT2D eigenvalue weighted by molar-refractivity contribution is 0.156. The number of carbonyl (C=O) groups is 1. The molecule has 0 atom stereocenters. The first-order valence-corrected chi connectivity index (χ1v) is 6.55. The van der Waals surface area contributed by atoms with Crippen LogP contribution in [0.5, 0.6) is 0 Å². The van der Waals surface area contributed by atoms with Gasteiger partial charge in [-0.3, -0.25) is 0 Å². The fraction of sp³-hybridized carbons (Fsp3) is 0.875. The molecule has 0 rings (SSSR count). The van der Waals surface area contributed by atoms with E-state index in [1.807, 2.05) is 0 Å². The number of carbonyl (C=O) groups excluding carboxylic acids is 1. The summed E-state index contributed by atoms with van der Waals surface area (Å²) < 4.78 is 35.5. The van der Waals surface area contributed by atoms with Gasteiger partial charge in [0, 0.05) is 26.7 Å². The molecule has 0 radical (unpaired) electrons. The summed E-state index contributed by atoms with van der Waals surface area (Å²) in [7, 11) is -2.48. The van der Waals surface area contributed by atoms with E-state index in [9.17, 15) is 13.2 Å². The zero-order valence-electron chi connectivity index (χ0n) is 10.0. The second-order valence-corrected chi connectivity index (χ2v) is 4.68. The van der Waals surface area contributed by atoms with Crippen LogP contribution in [0.3, 0.4) is 0 Å². The van der Waals surface area contributed by atoms with Gasteiger partial charge in [0.05, 0.1) is 13.2 Å². The summed E-state index contributed by atoms with van der Waals surface area (Å²) in [5.41, 5.74) is 5.30. The number of hydrogen-bond acceptors (Lipinski definition) is 6. The first-order valence-electron chi connectivity index (χ1n) is 5.11. The molecule has 17 heavy (non-hydrogen) atoms. The Morgan fingerprint density at radius 2 is 2.06 bits per heavy atom. The van der Waals surface area contributed by atoms with Crippen molar-refractivity contribution >= 4 is 16.3 Å². The van der Waals surface area contributed by atoms with Crippen molar-refractivity contribution in [3.63, 3.8) is 0 Å². The van der Waals surface area contributed by atoms with E-state index in [0.29, 0.717) is 0 Å². The normalized spacial score (nSPS) is 11.5. The van der Waals surface area contributed by atoms with Crippen molar-refractivity contribution in [3.05, 3.63) is 0 Å². The Morgan fingerprint density at radius 3 is 2.53 bits per heavy atom. The predicted molar refractivity (Wildman–Crippen MR) is 61.6 cm³/mol. The monoisotopic (exact) mass is 269 g/mol. The highest BCUT2D eigenvalue weighted by Gasteiger charge is 2.23. The van der Waals surface area contributed by atoms with Gasteiger partial charge in [-0.15, -0.1) is 0 Å². The zero-order chi connectivity index (χ0) is 13.3. The first kappa shape index (κ1) is 16.1. The maximum absolute atomic E-state index is 11.7. The summed E-state index contributed by atoms with van der Waals surface area (Å²) in [5.74, 6) is 0. The predicted octanol–water partition coefficient (Wildman–Crippen LogP) is -1.12. The summed E-state index contributed by atoms with van der Waals surface area (Å²) in [6, 6.07) is 0. The van der Waals surface area contributed by atoms with E-state index in [-0.39, 0.29) is 32.8 Å².